The van der Waals surface area contributed by atoms with Crippen LogP contribution in [0.5, 0.6) is 0 Å². The van der Waals surface area contributed by atoms with Gasteiger partial charge < -0.3 is 5.73 Å². The van der Waals surface area contributed by atoms with Gasteiger partial charge in [0.05, 0.1) is 6.07 Å². The molecule has 0 rings (SSSR count). The number of nitrogens with two attached hydrogens (primary N) is 1. The Kier molecular flexibility index (Phi) is 5.56. The molecule has 0 saturated carbocycles. The van der Waals surface area contributed by atoms with Gasteiger partial charge in [0.15, 0.2) is 0 Å². The smallest absolute Gasteiger partial charge is 0.0624 e. The fourth-order valence-corrected chi connectivity index (χ4v) is 0.362. The highest BCUT2D eigenvalue weighted by atomic mass is 14.5. The van der Waals surface area contributed by atoms with Crippen molar-refractivity contribution in [1.29, 1.82) is 5.26 Å². The molecule has 0 spiro atoms. The maximum atomic E-state index is 8.05. The van der Waals surface area contributed by atoms with Crippen LogP contribution in [0.25, 0.3) is 0 Å². The summed E-state index contributed by atoms with van der Waals surface area (Å²) in [6, 6.07) is 2.03. The molecule has 8 heavy (non-hydrogen) atoms. The third-order valence-electron chi connectivity index (χ3n) is 0.726. The van der Waals surface area contributed by atoms with Crippen molar-refractivity contribution in [2.24, 2.45) is 5.73 Å². The molecule has 0 atom stereocenters. The first-order valence-electron chi connectivity index (χ1n) is 2.64. The van der Waals surface area contributed by atoms with Crippen molar-refractivity contribution in [3.8, 4) is 6.07 Å². The molecule has 0 aliphatic carbocycles. The van der Waals surface area contributed by atoms with Crippen LogP contribution in [0.4, 0.5) is 0 Å². The van der Waals surface area contributed by atoms with Gasteiger partial charge in [0, 0.05) is 13.0 Å². The van der Waals surface area contributed by atoms with Gasteiger partial charge in [-0.05, 0) is 6.42 Å². The van der Waals surface area contributed by atoms with E-state index in [1.54, 1.807) is 0 Å². The Hall–Kier alpha value is -0.810. The van der Waals surface area contributed by atoms with Crippen LogP contribution in [0.3, 0.4) is 0 Å². The van der Waals surface area contributed by atoms with E-state index in [-0.39, 0.29) is 0 Å². The standard InChI is InChI=1S/C6H10N2/c7-5-3-1-2-4-6-8/h1,3H,2,4-5,7H2/b3-1+. The Morgan fingerprint density at radius 1 is 1.50 bits per heavy atom. The van der Waals surface area contributed by atoms with Crippen LogP contribution >= 0.6 is 0 Å². The maximum absolute atomic E-state index is 8.05. The number of nitriles is 1. The normalized spacial score (nSPS) is 9.50. The van der Waals surface area contributed by atoms with Crippen molar-refractivity contribution in [3.05, 3.63) is 12.2 Å². The van der Waals surface area contributed by atoms with E-state index in [2.05, 4.69) is 0 Å². The van der Waals surface area contributed by atoms with Crippen LogP contribution < -0.4 is 5.73 Å². The molecule has 0 bridgehead atoms. The zero-order chi connectivity index (χ0) is 6.24. The lowest BCUT2D eigenvalue weighted by Crippen LogP contribution is -1.91. The van der Waals surface area contributed by atoms with E-state index in [9.17, 15) is 0 Å². The predicted molar refractivity (Wildman–Crippen MR) is 33.0 cm³/mol. The lowest BCUT2D eigenvalue weighted by atomic mass is 10.3. The Morgan fingerprint density at radius 3 is 2.75 bits per heavy atom. The summed E-state index contributed by atoms with van der Waals surface area (Å²) < 4.78 is 0. The molecular formula is C6H10N2. The predicted octanol–water partition coefficient (Wildman–Crippen LogP) is 0.805. The largest absolute Gasteiger partial charge is 0.327 e. The van der Waals surface area contributed by atoms with Crippen molar-refractivity contribution in [2.45, 2.75) is 12.8 Å². The molecule has 0 saturated heterocycles. The summed E-state index contributed by atoms with van der Waals surface area (Å²) in [5.41, 5.74) is 5.14. The van der Waals surface area contributed by atoms with Crippen molar-refractivity contribution in [2.75, 3.05) is 6.54 Å². The SMILES string of the molecule is N#CCC/C=C/CN. The van der Waals surface area contributed by atoms with Gasteiger partial charge in [0.2, 0.25) is 0 Å². The summed E-state index contributed by atoms with van der Waals surface area (Å²) in [6.07, 6.45) is 5.20. The van der Waals surface area contributed by atoms with Gasteiger partial charge in [0.25, 0.3) is 0 Å². The molecular weight excluding hydrogens is 100 g/mol. The molecule has 0 aromatic carbocycles. The average Bonchev–Trinajstić information content (AvgIpc) is 1.81. The lowest BCUT2D eigenvalue weighted by Gasteiger charge is -1.78. The second kappa shape index (κ2) is 6.19. The van der Waals surface area contributed by atoms with Crippen LogP contribution in [0.1, 0.15) is 12.8 Å². The molecule has 0 radical (unpaired) electrons. The summed E-state index contributed by atoms with van der Waals surface area (Å²) in [6.45, 7) is 0.575. The first kappa shape index (κ1) is 7.19. The van der Waals surface area contributed by atoms with E-state index in [1.807, 2.05) is 18.2 Å². The van der Waals surface area contributed by atoms with Gasteiger partial charge in [-0.1, -0.05) is 12.2 Å². The number of rotatable bonds is 3. The highest BCUT2D eigenvalue weighted by Crippen LogP contribution is 1.85. The van der Waals surface area contributed by atoms with Gasteiger partial charge in [-0.2, -0.15) is 5.26 Å². The number of hydrogen-bond donors (Lipinski definition) is 1. The van der Waals surface area contributed by atoms with Gasteiger partial charge in [-0.25, -0.2) is 0 Å². The van der Waals surface area contributed by atoms with E-state index in [4.69, 9.17) is 11.0 Å². The molecule has 0 amide bonds. The zero-order valence-corrected chi connectivity index (χ0v) is 4.80. The molecule has 2 heteroatoms. The highest BCUT2D eigenvalue weighted by Gasteiger charge is 1.73. The fraction of sp³-hybridized carbons (Fsp3) is 0.500. The lowest BCUT2D eigenvalue weighted by molar-refractivity contribution is 1.05. The Balaban J connectivity index is 2.94. The van der Waals surface area contributed by atoms with Crippen molar-refractivity contribution >= 4 is 0 Å². The molecule has 0 aromatic heterocycles. The molecule has 44 valence electrons. The van der Waals surface area contributed by atoms with E-state index in [1.165, 1.54) is 0 Å². The molecule has 0 heterocycles. The van der Waals surface area contributed by atoms with Crippen molar-refractivity contribution < 1.29 is 0 Å². The second-order valence-electron chi connectivity index (χ2n) is 1.40. The quantitative estimate of drug-likeness (QED) is 0.431. The van der Waals surface area contributed by atoms with E-state index in [0.717, 1.165) is 6.42 Å². The fourth-order valence-electron chi connectivity index (χ4n) is 0.362. The number of nitrogens with zero attached hydrogens (tertiary/aromatic N) is 1. The van der Waals surface area contributed by atoms with Crippen molar-refractivity contribution in [3.63, 3.8) is 0 Å². The third kappa shape index (κ3) is 5.19. The van der Waals surface area contributed by atoms with Crippen LogP contribution in [0, 0.1) is 11.3 Å². The molecule has 0 aliphatic heterocycles. The maximum Gasteiger partial charge on any atom is 0.0624 e. The van der Waals surface area contributed by atoms with Gasteiger partial charge in [0.1, 0.15) is 0 Å². The molecule has 0 aromatic rings. The minimum Gasteiger partial charge on any atom is -0.327 e. The van der Waals surface area contributed by atoms with Gasteiger partial charge in [-0.3, -0.25) is 0 Å². The third-order valence-corrected chi connectivity index (χ3v) is 0.726. The summed E-state index contributed by atoms with van der Waals surface area (Å²) in [5, 5.41) is 8.05. The summed E-state index contributed by atoms with van der Waals surface area (Å²) in [4.78, 5) is 0. The highest BCUT2D eigenvalue weighted by molar-refractivity contribution is 4.85. The average molecular weight is 110 g/mol. The molecule has 2 nitrogen and oxygen atoms in total. The first-order chi connectivity index (χ1) is 3.91. The minimum absolute atomic E-state index is 0.575. The summed E-state index contributed by atoms with van der Waals surface area (Å²) in [7, 11) is 0. The van der Waals surface area contributed by atoms with E-state index >= 15 is 0 Å². The van der Waals surface area contributed by atoms with Gasteiger partial charge in [-0.15, -0.1) is 0 Å². The number of hydrogen-bond acceptors (Lipinski definition) is 2. The Morgan fingerprint density at radius 2 is 2.25 bits per heavy atom. The van der Waals surface area contributed by atoms with Gasteiger partial charge >= 0.3 is 0 Å². The minimum atomic E-state index is 0.575. The Labute approximate surface area is 49.6 Å². The Bertz CT molecular complexity index is 99.6. The topological polar surface area (TPSA) is 49.8 Å². The summed E-state index contributed by atoms with van der Waals surface area (Å²) >= 11 is 0. The molecule has 0 fully saturated rings. The van der Waals surface area contributed by atoms with Crippen LogP contribution in [0.2, 0.25) is 0 Å². The van der Waals surface area contributed by atoms with Crippen LogP contribution in [-0.2, 0) is 0 Å². The van der Waals surface area contributed by atoms with E-state index < -0.39 is 0 Å². The molecule has 0 aliphatic rings. The first-order valence-corrected chi connectivity index (χ1v) is 2.64. The monoisotopic (exact) mass is 110 g/mol. The summed E-state index contributed by atoms with van der Waals surface area (Å²) in [5.74, 6) is 0. The van der Waals surface area contributed by atoms with Crippen LogP contribution in [0.15, 0.2) is 12.2 Å². The number of unbranched alkanes of at least 4 members (excludes halogenated alkanes) is 1. The zero-order valence-electron chi connectivity index (χ0n) is 4.80. The van der Waals surface area contributed by atoms with Crippen LogP contribution in [-0.4, -0.2) is 6.54 Å². The molecule has 2 N–H and O–H groups in total. The molecule has 0 unspecified atom stereocenters. The second-order valence-corrected chi connectivity index (χ2v) is 1.40. The van der Waals surface area contributed by atoms with Crippen molar-refractivity contribution in [1.82, 2.24) is 0 Å². The van der Waals surface area contributed by atoms with E-state index in [0.29, 0.717) is 13.0 Å². The number of allylic oxidation sites excluding steroid dienone is 1.